The minimum atomic E-state index is -1.19. The molecule has 0 radical (unpaired) electrons. The summed E-state index contributed by atoms with van der Waals surface area (Å²) >= 11 is 0. The lowest BCUT2D eigenvalue weighted by Crippen LogP contribution is -2.53. The third-order valence-electron chi connectivity index (χ3n) is 5.78. The van der Waals surface area contributed by atoms with E-state index in [-0.39, 0.29) is 43.4 Å². The smallest absolute Gasteiger partial charge is 0.309 e. The summed E-state index contributed by atoms with van der Waals surface area (Å²) in [6.07, 6.45) is 16.7. The molecule has 0 bridgehead atoms. The van der Waals surface area contributed by atoms with Crippen LogP contribution in [-0.2, 0) is 14.4 Å². The zero-order chi connectivity index (χ0) is 23.4. The van der Waals surface area contributed by atoms with Crippen molar-refractivity contribution in [1.29, 1.82) is 0 Å². The molecule has 0 amide bonds. The van der Waals surface area contributed by atoms with Crippen molar-refractivity contribution < 1.29 is 34.2 Å². The summed E-state index contributed by atoms with van der Waals surface area (Å²) in [6.45, 7) is 3.53. The molecule has 0 spiro atoms. The first kappa shape index (κ1) is 29.1. The van der Waals surface area contributed by atoms with Gasteiger partial charge < -0.3 is 24.6 Å². The van der Waals surface area contributed by atoms with Gasteiger partial charge in [0.1, 0.15) is 0 Å². The van der Waals surface area contributed by atoms with Crippen molar-refractivity contribution in [2.45, 2.75) is 96.8 Å². The van der Waals surface area contributed by atoms with Crippen molar-refractivity contribution >= 4 is 17.9 Å². The monoisotopic (exact) mass is 441 g/mol. The number of rotatable bonds is 22. The fraction of sp³-hybridized carbons (Fsp3) is 0.792. The van der Waals surface area contributed by atoms with Gasteiger partial charge in [-0.2, -0.15) is 0 Å². The second kappa shape index (κ2) is 18.8. The molecule has 0 aromatic heterocycles. The Morgan fingerprint density at radius 1 is 0.677 bits per heavy atom. The topological polar surface area (TPSA) is 115 Å². The Kier molecular flexibility index (Phi) is 17.7. The van der Waals surface area contributed by atoms with E-state index in [9.17, 15) is 19.5 Å². The Bertz CT molecular complexity index is 487. The van der Waals surface area contributed by atoms with Crippen molar-refractivity contribution in [2.24, 2.45) is 0 Å². The molecule has 7 heteroatoms. The van der Waals surface area contributed by atoms with Gasteiger partial charge in [0, 0.05) is 12.4 Å². The van der Waals surface area contributed by atoms with Crippen molar-refractivity contribution in [3.63, 3.8) is 0 Å². The number of unbranched alkanes of at least 4 members (excludes halogenated alkanes) is 9. The maximum Gasteiger partial charge on any atom is 0.309 e. The van der Waals surface area contributed by atoms with Crippen LogP contribution in [0.4, 0.5) is 0 Å². The second-order valence-electron chi connectivity index (χ2n) is 8.52. The molecule has 0 unspecified atom stereocenters. The highest BCUT2D eigenvalue weighted by molar-refractivity contribution is 5.67. The number of carboxylic acids is 3. The molecule has 0 aliphatic rings. The first-order valence-corrected chi connectivity index (χ1v) is 11.9. The van der Waals surface area contributed by atoms with Crippen LogP contribution in [0.5, 0.6) is 0 Å². The summed E-state index contributed by atoms with van der Waals surface area (Å²) in [6, 6.07) is 0. The largest absolute Gasteiger partial charge is 0.550 e. The van der Waals surface area contributed by atoms with E-state index in [0.29, 0.717) is 6.54 Å². The second-order valence-corrected chi connectivity index (χ2v) is 8.52. The molecule has 0 aliphatic carbocycles. The van der Waals surface area contributed by atoms with Crippen molar-refractivity contribution in [3.05, 3.63) is 12.2 Å². The molecule has 0 saturated heterocycles. The zero-order valence-corrected chi connectivity index (χ0v) is 19.4. The predicted molar refractivity (Wildman–Crippen MR) is 119 cm³/mol. The molecule has 31 heavy (non-hydrogen) atoms. The summed E-state index contributed by atoms with van der Waals surface area (Å²) in [4.78, 5) is 33.1. The molecule has 0 saturated carbocycles. The summed E-state index contributed by atoms with van der Waals surface area (Å²) in [5, 5.41) is 29.1. The van der Waals surface area contributed by atoms with Gasteiger partial charge in [0.15, 0.2) is 0 Å². The van der Waals surface area contributed by atoms with E-state index in [1.807, 2.05) is 0 Å². The van der Waals surface area contributed by atoms with Crippen LogP contribution in [0.25, 0.3) is 0 Å². The van der Waals surface area contributed by atoms with Gasteiger partial charge in [-0.05, 0) is 38.5 Å². The molecule has 180 valence electrons. The van der Waals surface area contributed by atoms with E-state index in [0.717, 1.165) is 38.5 Å². The van der Waals surface area contributed by atoms with Crippen molar-refractivity contribution in [3.8, 4) is 0 Å². The quantitative estimate of drug-likeness (QED) is 0.150. The highest BCUT2D eigenvalue weighted by Gasteiger charge is 2.28. The molecular formula is C24H43NO6. The number of quaternary nitrogens is 1. The van der Waals surface area contributed by atoms with Crippen molar-refractivity contribution in [1.82, 2.24) is 0 Å². The fourth-order valence-corrected chi connectivity index (χ4v) is 3.83. The van der Waals surface area contributed by atoms with Gasteiger partial charge in [-0.15, -0.1) is 0 Å². The molecule has 7 nitrogen and oxygen atoms in total. The Morgan fingerprint density at radius 2 is 1.13 bits per heavy atom. The Hall–Kier alpha value is -1.89. The van der Waals surface area contributed by atoms with Crippen LogP contribution < -0.4 is 5.11 Å². The average Bonchev–Trinajstić information content (AvgIpc) is 2.72. The first-order valence-electron chi connectivity index (χ1n) is 11.9. The molecular weight excluding hydrogens is 398 g/mol. The van der Waals surface area contributed by atoms with Gasteiger partial charge in [0.2, 0.25) is 0 Å². The van der Waals surface area contributed by atoms with Gasteiger partial charge >= 0.3 is 11.9 Å². The number of hydrogen-bond donors (Lipinski definition) is 2. The Labute approximate surface area is 187 Å². The van der Waals surface area contributed by atoms with Gasteiger partial charge in [-0.25, -0.2) is 0 Å². The predicted octanol–water partition coefficient (Wildman–Crippen LogP) is 3.76. The Morgan fingerprint density at radius 3 is 1.61 bits per heavy atom. The standard InChI is InChI=1S/C24H43NO6/c1-2-3-4-5-6-7-8-9-10-11-12-13-14-18-25(19-15-22(26)27,20-16-23(28)29)21-17-24(30)31/h7-8H,2-6,9-21H2,1H3,(H2-,26,27,28,29,30,31)/b8-7+. The number of allylic oxidation sites excluding steroid dienone is 2. The average molecular weight is 442 g/mol. The molecule has 0 rings (SSSR count). The molecule has 0 aromatic rings. The number of aliphatic carboxylic acids is 3. The van der Waals surface area contributed by atoms with Crippen LogP contribution >= 0.6 is 0 Å². The maximum absolute atomic E-state index is 11.1. The third kappa shape index (κ3) is 18.6. The fourth-order valence-electron chi connectivity index (χ4n) is 3.83. The number of hydrogen-bond acceptors (Lipinski definition) is 4. The number of carbonyl (C=O) groups excluding carboxylic acids is 1. The lowest BCUT2D eigenvalue weighted by molar-refractivity contribution is -0.927. The van der Waals surface area contributed by atoms with Gasteiger partial charge in [-0.1, -0.05) is 51.2 Å². The van der Waals surface area contributed by atoms with Crippen LogP contribution in [0, 0.1) is 0 Å². The van der Waals surface area contributed by atoms with E-state index >= 15 is 0 Å². The normalized spacial score (nSPS) is 11.8. The minimum Gasteiger partial charge on any atom is -0.550 e. The molecule has 0 aliphatic heterocycles. The molecule has 0 aromatic carbocycles. The minimum absolute atomic E-state index is 0.0998. The van der Waals surface area contributed by atoms with Crippen LogP contribution in [0.1, 0.15) is 96.8 Å². The van der Waals surface area contributed by atoms with E-state index in [4.69, 9.17) is 10.2 Å². The van der Waals surface area contributed by atoms with Crippen LogP contribution in [0.15, 0.2) is 12.2 Å². The van der Waals surface area contributed by atoms with Gasteiger partial charge in [0.05, 0.1) is 39.0 Å². The van der Waals surface area contributed by atoms with E-state index in [1.54, 1.807) is 0 Å². The summed E-state index contributed by atoms with van der Waals surface area (Å²) in [5.74, 6) is -3.10. The highest BCUT2D eigenvalue weighted by Crippen LogP contribution is 2.16. The third-order valence-corrected chi connectivity index (χ3v) is 5.78. The molecule has 0 atom stereocenters. The SMILES string of the molecule is CCCCCC/C=C/CCCCCCC[N+](CCC(=O)[O-])(CCC(=O)O)CCC(=O)O. The van der Waals surface area contributed by atoms with Crippen LogP contribution in [0.3, 0.4) is 0 Å². The van der Waals surface area contributed by atoms with Gasteiger partial charge in [0.25, 0.3) is 0 Å². The lowest BCUT2D eigenvalue weighted by Gasteiger charge is -2.38. The Balaban J connectivity index is 4.31. The summed E-state index contributed by atoms with van der Waals surface area (Å²) in [7, 11) is 0. The van der Waals surface area contributed by atoms with E-state index in [2.05, 4.69) is 19.1 Å². The summed E-state index contributed by atoms with van der Waals surface area (Å²) < 4.78 is 0.216. The number of carbonyl (C=O) groups is 3. The van der Waals surface area contributed by atoms with Crippen LogP contribution in [0.2, 0.25) is 0 Å². The first-order chi connectivity index (χ1) is 14.8. The molecule has 0 heterocycles. The zero-order valence-electron chi connectivity index (χ0n) is 19.4. The lowest BCUT2D eigenvalue weighted by atomic mass is 10.1. The molecule has 0 fully saturated rings. The highest BCUT2D eigenvalue weighted by atomic mass is 16.4. The summed E-state index contributed by atoms with van der Waals surface area (Å²) in [5.41, 5.74) is 0. The van der Waals surface area contributed by atoms with Crippen molar-refractivity contribution in [2.75, 3.05) is 26.2 Å². The maximum atomic E-state index is 11.1. The van der Waals surface area contributed by atoms with Gasteiger partial charge in [-0.3, -0.25) is 9.59 Å². The number of nitrogens with zero attached hydrogens (tertiary/aromatic N) is 1. The van der Waals surface area contributed by atoms with E-state index in [1.165, 1.54) is 32.1 Å². The number of carboxylic acid groups (broad SMARTS) is 3. The molecule has 2 N–H and O–H groups in total. The van der Waals surface area contributed by atoms with E-state index < -0.39 is 17.9 Å². The van der Waals surface area contributed by atoms with Crippen LogP contribution in [-0.4, -0.2) is 58.8 Å².